The largest absolute Gasteiger partial charge is 0.382 e. The van der Waals surface area contributed by atoms with Crippen LogP contribution in [0.25, 0.3) is 0 Å². The first-order valence-corrected chi connectivity index (χ1v) is 8.09. The Morgan fingerprint density at radius 2 is 2.09 bits per heavy atom. The van der Waals surface area contributed by atoms with Gasteiger partial charge in [-0.05, 0) is 14.1 Å². The van der Waals surface area contributed by atoms with Gasteiger partial charge < -0.3 is 24.6 Å². The summed E-state index contributed by atoms with van der Waals surface area (Å²) in [5.74, 6) is 0.964. The number of nitrogens with zero attached hydrogens (tertiary/aromatic N) is 4. The van der Waals surface area contributed by atoms with E-state index in [0.717, 1.165) is 51.8 Å². The lowest BCUT2D eigenvalue weighted by Crippen LogP contribution is -2.57. The Hall–Kier alpha value is -0.890. The third-order valence-electron chi connectivity index (χ3n) is 4.48. The Bertz CT molecular complexity index is 364. The smallest absolute Gasteiger partial charge is 0.193 e. The number of hydrogen-bond acceptors (Lipinski definition) is 5. The molecule has 2 atom stereocenters. The molecule has 0 bridgehead atoms. The molecule has 7 heteroatoms. The highest BCUT2D eigenvalue weighted by Crippen LogP contribution is 2.08. The average molecular weight is 313 g/mol. The maximum absolute atomic E-state index is 5.70. The Kier molecular flexibility index (Phi) is 6.88. The van der Waals surface area contributed by atoms with Crippen molar-refractivity contribution in [2.45, 2.75) is 12.1 Å². The van der Waals surface area contributed by atoms with Crippen LogP contribution in [-0.2, 0) is 9.47 Å². The Morgan fingerprint density at radius 1 is 1.27 bits per heavy atom. The number of hydrogen-bond donors (Lipinski definition) is 1. The number of aliphatic imine (C=N–C) groups is 1. The van der Waals surface area contributed by atoms with E-state index in [0.29, 0.717) is 12.6 Å². The summed E-state index contributed by atoms with van der Waals surface area (Å²) in [5.41, 5.74) is 0. The molecule has 0 radical (unpaired) electrons. The first kappa shape index (κ1) is 17.5. The summed E-state index contributed by atoms with van der Waals surface area (Å²) in [6, 6.07) is 0.520. The summed E-state index contributed by atoms with van der Waals surface area (Å²) in [6.07, 6.45) is 0.126. The van der Waals surface area contributed by atoms with Crippen molar-refractivity contribution in [1.82, 2.24) is 20.0 Å². The quantitative estimate of drug-likeness (QED) is 0.539. The van der Waals surface area contributed by atoms with E-state index in [4.69, 9.17) is 9.47 Å². The fourth-order valence-electron chi connectivity index (χ4n) is 3.06. The molecule has 0 saturated carbocycles. The maximum Gasteiger partial charge on any atom is 0.193 e. The molecule has 0 aromatic rings. The molecule has 22 heavy (non-hydrogen) atoms. The minimum absolute atomic E-state index is 0.126. The third kappa shape index (κ3) is 4.81. The number of rotatable bonds is 4. The van der Waals surface area contributed by atoms with Crippen LogP contribution < -0.4 is 5.32 Å². The number of morpholine rings is 1. The lowest BCUT2D eigenvalue weighted by Gasteiger charge is -2.39. The van der Waals surface area contributed by atoms with Gasteiger partial charge in [0.05, 0.1) is 19.3 Å². The second-order valence-electron chi connectivity index (χ2n) is 6.22. The van der Waals surface area contributed by atoms with E-state index in [9.17, 15) is 0 Å². The topological polar surface area (TPSA) is 52.6 Å². The highest BCUT2D eigenvalue weighted by Gasteiger charge is 2.25. The Labute approximate surface area is 134 Å². The monoisotopic (exact) mass is 313 g/mol. The lowest BCUT2D eigenvalue weighted by atomic mass is 10.2. The summed E-state index contributed by atoms with van der Waals surface area (Å²) in [6.45, 7) is 7.33. The Balaban J connectivity index is 1.84. The second-order valence-corrected chi connectivity index (χ2v) is 6.22. The van der Waals surface area contributed by atoms with Gasteiger partial charge in [0.2, 0.25) is 0 Å². The van der Waals surface area contributed by atoms with E-state index in [-0.39, 0.29) is 6.10 Å². The molecule has 0 aliphatic carbocycles. The molecular weight excluding hydrogens is 282 g/mol. The van der Waals surface area contributed by atoms with E-state index < -0.39 is 0 Å². The van der Waals surface area contributed by atoms with Gasteiger partial charge in [-0.15, -0.1) is 0 Å². The van der Waals surface area contributed by atoms with E-state index in [1.54, 1.807) is 7.11 Å². The molecule has 2 saturated heterocycles. The molecule has 128 valence electrons. The first-order chi connectivity index (χ1) is 10.6. The number of nitrogens with one attached hydrogen (secondary N) is 1. The van der Waals surface area contributed by atoms with Crippen molar-refractivity contribution in [2.24, 2.45) is 4.99 Å². The van der Waals surface area contributed by atoms with E-state index in [1.165, 1.54) is 0 Å². The van der Waals surface area contributed by atoms with E-state index in [2.05, 4.69) is 39.1 Å². The molecule has 7 nitrogen and oxygen atoms in total. The fourth-order valence-corrected chi connectivity index (χ4v) is 3.06. The number of ether oxygens (including phenoxy) is 2. The van der Waals surface area contributed by atoms with E-state index in [1.807, 2.05) is 7.05 Å². The van der Waals surface area contributed by atoms with Crippen molar-refractivity contribution in [3.8, 4) is 0 Å². The van der Waals surface area contributed by atoms with Crippen LogP contribution in [0, 0.1) is 0 Å². The van der Waals surface area contributed by atoms with Gasteiger partial charge in [0, 0.05) is 59.5 Å². The van der Waals surface area contributed by atoms with Gasteiger partial charge in [0.25, 0.3) is 0 Å². The Morgan fingerprint density at radius 3 is 2.82 bits per heavy atom. The van der Waals surface area contributed by atoms with Crippen molar-refractivity contribution < 1.29 is 9.47 Å². The molecule has 0 amide bonds. The molecule has 2 rings (SSSR count). The maximum atomic E-state index is 5.70. The fraction of sp³-hybridized carbons (Fsp3) is 0.933. The van der Waals surface area contributed by atoms with Crippen molar-refractivity contribution >= 4 is 5.96 Å². The van der Waals surface area contributed by atoms with Crippen molar-refractivity contribution in [2.75, 3.05) is 80.7 Å². The highest BCUT2D eigenvalue weighted by atomic mass is 16.5. The highest BCUT2D eigenvalue weighted by molar-refractivity contribution is 5.80. The molecule has 2 fully saturated rings. The third-order valence-corrected chi connectivity index (χ3v) is 4.48. The van der Waals surface area contributed by atoms with Crippen LogP contribution >= 0.6 is 0 Å². The van der Waals surface area contributed by atoms with Crippen molar-refractivity contribution in [3.63, 3.8) is 0 Å². The van der Waals surface area contributed by atoms with Crippen LogP contribution in [0.15, 0.2) is 4.99 Å². The molecule has 0 aromatic heterocycles. The van der Waals surface area contributed by atoms with Crippen molar-refractivity contribution in [1.29, 1.82) is 0 Å². The van der Waals surface area contributed by atoms with Crippen LogP contribution in [-0.4, -0.2) is 114 Å². The minimum atomic E-state index is 0.126. The van der Waals surface area contributed by atoms with Gasteiger partial charge >= 0.3 is 0 Å². The number of guanidine groups is 1. The van der Waals surface area contributed by atoms with Crippen LogP contribution in [0.2, 0.25) is 0 Å². The molecule has 0 spiro atoms. The van der Waals surface area contributed by atoms with Crippen molar-refractivity contribution in [3.05, 3.63) is 0 Å². The summed E-state index contributed by atoms with van der Waals surface area (Å²) < 4.78 is 10.9. The number of methoxy groups -OCH3 is 1. The lowest BCUT2D eigenvalue weighted by molar-refractivity contribution is -0.0448. The zero-order chi connectivity index (χ0) is 15.9. The van der Waals surface area contributed by atoms with Gasteiger partial charge in [0.1, 0.15) is 0 Å². The van der Waals surface area contributed by atoms with Crippen LogP contribution in [0.3, 0.4) is 0 Å². The second kappa shape index (κ2) is 8.67. The summed E-state index contributed by atoms with van der Waals surface area (Å²) in [7, 11) is 7.95. The van der Waals surface area contributed by atoms with Gasteiger partial charge in [-0.3, -0.25) is 9.89 Å². The van der Waals surface area contributed by atoms with Gasteiger partial charge in [0.15, 0.2) is 5.96 Å². The summed E-state index contributed by atoms with van der Waals surface area (Å²) in [5, 5.41) is 3.53. The van der Waals surface area contributed by atoms with Crippen LogP contribution in [0.1, 0.15) is 0 Å². The predicted octanol–water partition coefficient (Wildman–Crippen LogP) is -0.845. The van der Waals surface area contributed by atoms with Crippen LogP contribution in [0.4, 0.5) is 0 Å². The molecule has 2 aliphatic heterocycles. The van der Waals surface area contributed by atoms with Gasteiger partial charge in [-0.1, -0.05) is 0 Å². The molecular formula is C15H31N5O2. The van der Waals surface area contributed by atoms with E-state index >= 15 is 0 Å². The van der Waals surface area contributed by atoms with Crippen LogP contribution in [0.5, 0.6) is 0 Å². The normalized spacial score (nSPS) is 28.9. The summed E-state index contributed by atoms with van der Waals surface area (Å²) >= 11 is 0. The molecule has 2 unspecified atom stereocenters. The molecule has 2 aliphatic rings. The molecule has 2 heterocycles. The standard InChI is InChI=1S/C15H31N5O2/c1-16-15(20-7-8-22-14(11-20)12-21-4)17-9-13-10-18(2)5-6-19(13)3/h13-14H,5-12H2,1-4H3,(H,16,17). The van der Waals surface area contributed by atoms with Gasteiger partial charge in [-0.2, -0.15) is 0 Å². The predicted molar refractivity (Wildman–Crippen MR) is 88.5 cm³/mol. The SMILES string of the molecule is CN=C(NCC1CN(C)CCN1C)N1CCOC(COC)C1. The zero-order valence-electron chi connectivity index (χ0n) is 14.4. The average Bonchev–Trinajstić information content (AvgIpc) is 2.52. The molecule has 0 aromatic carbocycles. The van der Waals surface area contributed by atoms with Gasteiger partial charge in [-0.25, -0.2) is 0 Å². The number of likely N-dealkylation sites (N-methyl/N-ethyl adjacent to an activating group) is 2. The first-order valence-electron chi connectivity index (χ1n) is 8.09. The molecule has 1 N–H and O–H groups in total. The number of piperazine rings is 1. The summed E-state index contributed by atoms with van der Waals surface area (Å²) in [4.78, 5) is 11.5. The zero-order valence-corrected chi connectivity index (χ0v) is 14.4. The minimum Gasteiger partial charge on any atom is -0.382 e.